The Bertz CT molecular complexity index is 1630. The molecule has 7 aliphatic rings. The summed E-state index contributed by atoms with van der Waals surface area (Å²) in [5, 5.41) is 22.2. The second kappa shape index (κ2) is 14.0. The summed E-state index contributed by atoms with van der Waals surface area (Å²) in [6.45, 7) is 18.4. The van der Waals surface area contributed by atoms with E-state index in [4.69, 9.17) is 0 Å². The highest BCUT2D eigenvalue weighted by molar-refractivity contribution is 6.00. The lowest BCUT2D eigenvalue weighted by Gasteiger charge is -2.71. The lowest BCUT2D eigenvalue weighted by atomic mass is 9.33. The second-order valence-corrected chi connectivity index (χ2v) is 21.3. The summed E-state index contributed by atoms with van der Waals surface area (Å²) in [5.41, 5.74) is 4.81. The molecule has 0 aromatic heterocycles. The van der Waals surface area contributed by atoms with Gasteiger partial charge < -0.3 is 20.0 Å². The van der Waals surface area contributed by atoms with E-state index >= 15 is 0 Å². The Morgan fingerprint density at radius 2 is 1.63 bits per heavy atom. The maximum Gasteiger partial charge on any atom is 0.306 e. The SMILES string of the molecule is CC(C)C1=C2[C@H]3CC[C@@H]4[C@@]5(C)CC=C(C6=CCC(C(=O)O)CC6)C(C)(C)[C@@H]5CC[C@@]4(C)[C@]3(C)CC[C@@]2([C@@H](O)CN(CC2CCC2)C(=O)CN(C)C)CC1=O. The minimum absolute atomic E-state index is 0.00540. The molecule has 2 N–H and O–H groups in total. The Hall–Kier alpha value is -2.25. The van der Waals surface area contributed by atoms with Gasteiger partial charge in [0.1, 0.15) is 0 Å². The van der Waals surface area contributed by atoms with E-state index in [-0.39, 0.29) is 51.1 Å². The minimum atomic E-state index is -0.759. The minimum Gasteiger partial charge on any atom is -0.481 e. The zero-order valence-electron chi connectivity index (χ0n) is 35.2. The summed E-state index contributed by atoms with van der Waals surface area (Å²) in [6, 6.07) is 0. The molecule has 4 saturated carbocycles. The van der Waals surface area contributed by atoms with E-state index in [1.807, 2.05) is 23.9 Å². The Labute approximate surface area is 326 Å². The fraction of sp³-hybridized carbons (Fsp3) is 0.809. The van der Waals surface area contributed by atoms with E-state index in [1.54, 1.807) is 0 Å². The Kier molecular flexibility index (Phi) is 10.4. The number of hydrogen-bond acceptors (Lipinski definition) is 5. The van der Waals surface area contributed by atoms with Crippen LogP contribution in [0.1, 0.15) is 138 Å². The van der Waals surface area contributed by atoms with E-state index in [9.17, 15) is 24.6 Å². The molecule has 7 rings (SSSR count). The third-order valence-electron chi connectivity index (χ3n) is 17.7. The standard InChI is InChI=1S/C47H72N2O5/c1-29(2)40-35(50)25-47(38(51)27-49(26-30-11-10-12-30)39(52)28-48(8)9)24-23-45(6)34(41(40)47)17-18-37-44(5)21-19-33(31-13-15-32(16-14-31)42(53)54)43(3,4)36(44)20-22-46(37,45)7/h13,19,29-30,32,34,36-38,51H,10-12,14-18,20-28H2,1-9H3,(H,53,54)/t32?,34-,36+,37-,38+,44+,45-,46-,47+/m1/s1. The van der Waals surface area contributed by atoms with Crippen LogP contribution in [0, 0.1) is 62.6 Å². The van der Waals surface area contributed by atoms with Crippen molar-refractivity contribution >= 4 is 17.7 Å². The van der Waals surface area contributed by atoms with Crippen LogP contribution in [0.5, 0.6) is 0 Å². The van der Waals surface area contributed by atoms with Crippen molar-refractivity contribution in [2.75, 3.05) is 33.7 Å². The summed E-state index contributed by atoms with van der Waals surface area (Å²) < 4.78 is 0. The van der Waals surface area contributed by atoms with Gasteiger partial charge in [0.15, 0.2) is 5.78 Å². The molecule has 0 aliphatic heterocycles. The third kappa shape index (κ3) is 6.05. The Morgan fingerprint density at radius 1 is 0.907 bits per heavy atom. The largest absolute Gasteiger partial charge is 0.481 e. The number of hydrogen-bond donors (Lipinski definition) is 2. The number of carbonyl (C=O) groups excluding carboxylic acids is 2. The van der Waals surface area contributed by atoms with Crippen LogP contribution >= 0.6 is 0 Å². The molecule has 0 radical (unpaired) electrons. The molecule has 0 spiro atoms. The lowest BCUT2D eigenvalue weighted by molar-refractivity contribution is -0.202. The number of carboxylic acids is 1. The first-order valence-electron chi connectivity index (χ1n) is 21.8. The molecule has 0 aromatic rings. The van der Waals surface area contributed by atoms with E-state index in [0.717, 1.165) is 63.4 Å². The van der Waals surface area contributed by atoms with Gasteiger partial charge in [0.25, 0.3) is 0 Å². The molecule has 1 amide bonds. The topological polar surface area (TPSA) is 98.2 Å². The van der Waals surface area contributed by atoms with Crippen molar-refractivity contribution in [3.05, 3.63) is 34.4 Å². The van der Waals surface area contributed by atoms with Crippen molar-refractivity contribution in [3.63, 3.8) is 0 Å². The van der Waals surface area contributed by atoms with Gasteiger partial charge in [-0.15, -0.1) is 0 Å². The van der Waals surface area contributed by atoms with Crippen molar-refractivity contribution in [3.8, 4) is 0 Å². The molecule has 1 unspecified atom stereocenters. The molecular weight excluding hydrogens is 673 g/mol. The molecule has 0 aromatic carbocycles. The van der Waals surface area contributed by atoms with Crippen LogP contribution in [-0.4, -0.2) is 77.5 Å². The number of likely N-dealkylation sites (N-methyl/N-ethyl adjacent to an activating group) is 1. The maximum atomic E-state index is 14.3. The fourth-order valence-electron chi connectivity index (χ4n) is 14.6. The van der Waals surface area contributed by atoms with E-state index in [1.165, 1.54) is 36.0 Å². The Balaban J connectivity index is 1.21. The first-order valence-corrected chi connectivity index (χ1v) is 21.8. The van der Waals surface area contributed by atoms with Gasteiger partial charge in [-0.1, -0.05) is 72.6 Å². The first kappa shape index (κ1) is 40.0. The van der Waals surface area contributed by atoms with Gasteiger partial charge in [0, 0.05) is 24.9 Å². The van der Waals surface area contributed by atoms with Gasteiger partial charge in [0.2, 0.25) is 5.91 Å². The summed E-state index contributed by atoms with van der Waals surface area (Å²) in [5.74, 6) is 1.35. The number of fused-ring (bicyclic) bond motifs is 7. The second-order valence-electron chi connectivity index (χ2n) is 21.3. The van der Waals surface area contributed by atoms with Crippen molar-refractivity contribution in [2.45, 2.75) is 144 Å². The van der Waals surface area contributed by atoms with Gasteiger partial charge in [-0.25, -0.2) is 0 Å². The molecular formula is C47H72N2O5. The zero-order valence-corrected chi connectivity index (χ0v) is 35.2. The molecule has 0 heterocycles. The average molecular weight is 745 g/mol. The van der Waals surface area contributed by atoms with E-state index < -0.39 is 17.5 Å². The molecule has 4 fully saturated rings. The van der Waals surface area contributed by atoms with E-state index in [0.29, 0.717) is 50.2 Å². The van der Waals surface area contributed by atoms with Crippen molar-refractivity contribution in [1.29, 1.82) is 0 Å². The molecule has 7 nitrogen and oxygen atoms in total. The smallest absolute Gasteiger partial charge is 0.306 e. The monoisotopic (exact) mass is 745 g/mol. The average Bonchev–Trinajstić information content (AvgIpc) is 3.38. The van der Waals surface area contributed by atoms with Crippen LogP contribution < -0.4 is 0 Å². The van der Waals surface area contributed by atoms with Crippen LogP contribution in [0.2, 0.25) is 0 Å². The molecule has 300 valence electrons. The number of amides is 1. The van der Waals surface area contributed by atoms with Crippen LogP contribution in [0.3, 0.4) is 0 Å². The van der Waals surface area contributed by atoms with Crippen molar-refractivity contribution in [1.82, 2.24) is 9.80 Å². The zero-order chi connectivity index (χ0) is 39.2. The number of carboxylic acid groups (broad SMARTS) is 1. The molecule has 0 bridgehead atoms. The number of Topliss-reactive ketones (excluding diaryl/α,β-unsaturated/α-hetero) is 1. The van der Waals surface area contributed by atoms with Gasteiger partial charge in [-0.2, -0.15) is 0 Å². The first-order chi connectivity index (χ1) is 25.3. The van der Waals surface area contributed by atoms with Gasteiger partial charge >= 0.3 is 5.97 Å². The van der Waals surface area contributed by atoms with Crippen molar-refractivity contribution < 1.29 is 24.6 Å². The lowest BCUT2D eigenvalue weighted by Crippen LogP contribution is -2.65. The van der Waals surface area contributed by atoms with Gasteiger partial charge in [0.05, 0.1) is 18.6 Å². The van der Waals surface area contributed by atoms with Crippen molar-refractivity contribution in [2.24, 2.45) is 62.6 Å². The Morgan fingerprint density at radius 3 is 2.22 bits per heavy atom. The maximum absolute atomic E-state index is 14.3. The summed E-state index contributed by atoms with van der Waals surface area (Å²) in [6.07, 6.45) is 17.6. The summed E-state index contributed by atoms with van der Waals surface area (Å²) in [7, 11) is 3.87. The molecule has 0 saturated heterocycles. The number of aliphatic hydroxyl groups is 1. The number of allylic oxidation sites excluding steroid dienone is 5. The van der Waals surface area contributed by atoms with Gasteiger partial charge in [-0.05, 0) is 159 Å². The molecule has 7 heteroatoms. The highest BCUT2D eigenvalue weighted by atomic mass is 16.4. The van der Waals surface area contributed by atoms with Crippen LogP contribution in [0.25, 0.3) is 0 Å². The van der Waals surface area contributed by atoms with Crippen LogP contribution in [0.15, 0.2) is 34.4 Å². The molecule has 9 atom stereocenters. The predicted molar refractivity (Wildman–Crippen MR) is 214 cm³/mol. The highest BCUT2D eigenvalue weighted by Gasteiger charge is 2.70. The summed E-state index contributed by atoms with van der Waals surface area (Å²) in [4.78, 5) is 43.5. The number of aliphatic hydroxyl groups excluding tert-OH is 1. The number of nitrogens with zero attached hydrogens (tertiary/aromatic N) is 2. The number of ketones is 1. The normalized spacial score (nSPS) is 39.5. The fourth-order valence-corrected chi connectivity index (χ4v) is 14.6. The van der Waals surface area contributed by atoms with E-state index in [2.05, 4.69) is 60.6 Å². The van der Waals surface area contributed by atoms with Crippen LogP contribution in [0.4, 0.5) is 0 Å². The predicted octanol–water partition coefficient (Wildman–Crippen LogP) is 8.87. The quantitative estimate of drug-likeness (QED) is 0.232. The number of aliphatic carboxylic acids is 1. The summed E-state index contributed by atoms with van der Waals surface area (Å²) >= 11 is 0. The number of rotatable bonds is 10. The number of carbonyl (C=O) groups is 3. The molecule has 54 heavy (non-hydrogen) atoms. The highest BCUT2D eigenvalue weighted by Crippen LogP contribution is 2.77. The molecule has 7 aliphatic carbocycles. The van der Waals surface area contributed by atoms with Gasteiger partial charge in [-0.3, -0.25) is 14.4 Å². The third-order valence-corrected chi connectivity index (χ3v) is 17.7. The van der Waals surface area contributed by atoms with Crippen LogP contribution in [-0.2, 0) is 14.4 Å².